The number of rotatable bonds is 11. The Bertz CT molecular complexity index is 1190. The largest absolute Gasteiger partial charge is 0.352 e. The van der Waals surface area contributed by atoms with Gasteiger partial charge in [-0.3, -0.25) is 13.9 Å². The zero-order valence-corrected chi connectivity index (χ0v) is 24.1. The fraction of sp³-hybridized carbons (Fsp3) is 0.440. The van der Waals surface area contributed by atoms with Crippen LogP contribution < -0.4 is 9.62 Å². The van der Waals surface area contributed by atoms with E-state index in [0.717, 1.165) is 10.6 Å². The number of hydrogen-bond donors (Lipinski definition) is 1. The van der Waals surface area contributed by atoms with E-state index >= 15 is 0 Å². The van der Waals surface area contributed by atoms with Crippen LogP contribution in [0.4, 0.5) is 5.69 Å². The Kier molecular flexibility index (Phi) is 10.9. The normalized spacial score (nSPS) is 13.1. The first-order valence-corrected chi connectivity index (χ1v) is 14.5. The number of sulfonamides is 1. The van der Waals surface area contributed by atoms with Gasteiger partial charge in [0, 0.05) is 33.2 Å². The number of nitrogens with one attached hydrogen (secondary N) is 1. The molecule has 0 aliphatic carbocycles. The molecule has 11 heteroatoms. The van der Waals surface area contributed by atoms with Gasteiger partial charge < -0.3 is 10.2 Å². The molecule has 0 saturated heterocycles. The van der Waals surface area contributed by atoms with E-state index in [1.54, 1.807) is 50.2 Å². The molecule has 0 fully saturated rings. The van der Waals surface area contributed by atoms with Crippen LogP contribution >= 0.6 is 34.8 Å². The van der Waals surface area contributed by atoms with Gasteiger partial charge in [-0.15, -0.1) is 0 Å². The zero-order chi connectivity index (χ0) is 27.2. The van der Waals surface area contributed by atoms with Crippen molar-refractivity contribution in [2.24, 2.45) is 0 Å². The van der Waals surface area contributed by atoms with Gasteiger partial charge in [0.2, 0.25) is 21.8 Å². The molecule has 0 heterocycles. The predicted octanol–water partition coefficient (Wildman–Crippen LogP) is 5.44. The van der Waals surface area contributed by atoms with E-state index in [-0.39, 0.29) is 18.5 Å². The lowest BCUT2D eigenvalue weighted by atomic mass is 10.1. The fourth-order valence-corrected chi connectivity index (χ4v) is 5.36. The minimum Gasteiger partial charge on any atom is -0.352 e. The predicted molar refractivity (Wildman–Crippen MR) is 147 cm³/mol. The third-order valence-corrected chi connectivity index (χ3v) is 7.95. The first-order chi connectivity index (χ1) is 16.8. The molecule has 7 nitrogen and oxygen atoms in total. The minimum atomic E-state index is -3.86. The number of aryl methyl sites for hydroxylation is 1. The summed E-state index contributed by atoms with van der Waals surface area (Å²) in [5.41, 5.74) is 1.38. The molecular weight excluding hydrogens is 545 g/mol. The van der Waals surface area contributed by atoms with Crippen molar-refractivity contribution in [3.8, 4) is 0 Å². The Morgan fingerprint density at radius 3 is 2.14 bits per heavy atom. The first-order valence-electron chi connectivity index (χ1n) is 11.6. The van der Waals surface area contributed by atoms with E-state index in [1.165, 1.54) is 4.90 Å². The Morgan fingerprint density at radius 1 is 1.03 bits per heavy atom. The SMILES string of the molecule is CC[C@H](C(=O)N[C@@H](C)CC)N(Cc1c(Cl)cccc1Cl)C(=O)CN(c1ccc(Cl)cc1C)S(C)(=O)=O. The number of halogens is 3. The molecule has 0 spiro atoms. The number of carbonyl (C=O) groups is 2. The van der Waals surface area contributed by atoms with E-state index in [4.69, 9.17) is 34.8 Å². The van der Waals surface area contributed by atoms with Crippen LogP contribution in [0.2, 0.25) is 15.1 Å². The second-order valence-corrected chi connectivity index (χ2v) is 11.8. The molecule has 2 atom stereocenters. The van der Waals surface area contributed by atoms with Crippen molar-refractivity contribution in [1.82, 2.24) is 10.2 Å². The minimum absolute atomic E-state index is 0.0685. The summed E-state index contributed by atoms with van der Waals surface area (Å²) in [5, 5.41) is 4.04. The second kappa shape index (κ2) is 13.0. The van der Waals surface area contributed by atoms with E-state index in [9.17, 15) is 18.0 Å². The third-order valence-electron chi connectivity index (χ3n) is 5.88. The van der Waals surface area contributed by atoms with Crippen LogP contribution in [0.1, 0.15) is 44.7 Å². The van der Waals surface area contributed by atoms with Gasteiger partial charge in [0.05, 0.1) is 11.9 Å². The van der Waals surface area contributed by atoms with Crippen LogP contribution in [0.3, 0.4) is 0 Å². The standard InChI is InChI=1S/C25H32Cl3N3O4S/c1-6-17(4)29-25(33)22(7-2)30(14-19-20(27)9-8-10-21(19)28)24(32)15-31(36(5,34)35)23-12-11-18(26)13-16(23)3/h8-13,17,22H,6-7,14-15H2,1-5H3,(H,29,33)/t17-,22+/m0/s1. The average molecular weight is 577 g/mol. The van der Waals surface area contributed by atoms with E-state index in [2.05, 4.69) is 5.32 Å². The van der Waals surface area contributed by atoms with Crippen molar-refractivity contribution >= 4 is 62.3 Å². The van der Waals surface area contributed by atoms with Crippen LogP contribution in [0.5, 0.6) is 0 Å². The lowest BCUT2D eigenvalue weighted by Crippen LogP contribution is -2.53. The van der Waals surface area contributed by atoms with Crippen molar-refractivity contribution < 1.29 is 18.0 Å². The Balaban J connectivity index is 2.53. The molecule has 0 unspecified atom stereocenters. The molecule has 0 aromatic heterocycles. The number of carbonyl (C=O) groups excluding carboxylic acids is 2. The summed E-state index contributed by atoms with van der Waals surface area (Å²) in [6.45, 7) is 6.72. The topological polar surface area (TPSA) is 86.8 Å². The first kappa shape index (κ1) is 30.2. The maximum atomic E-state index is 13.8. The second-order valence-electron chi connectivity index (χ2n) is 8.66. The molecule has 198 valence electrons. The summed E-state index contributed by atoms with van der Waals surface area (Å²) >= 11 is 18.8. The highest BCUT2D eigenvalue weighted by molar-refractivity contribution is 7.92. The van der Waals surface area contributed by atoms with Gasteiger partial charge in [-0.25, -0.2) is 8.42 Å². The number of anilines is 1. The van der Waals surface area contributed by atoms with Gasteiger partial charge in [0.25, 0.3) is 0 Å². The van der Waals surface area contributed by atoms with Gasteiger partial charge in [-0.1, -0.05) is 54.7 Å². The lowest BCUT2D eigenvalue weighted by Gasteiger charge is -2.34. The number of hydrogen-bond acceptors (Lipinski definition) is 4. The van der Waals surface area contributed by atoms with Crippen molar-refractivity contribution in [2.45, 2.75) is 59.2 Å². The summed E-state index contributed by atoms with van der Waals surface area (Å²) in [5.74, 6) is -0.908. The summed E-state index contributed by atoms with van der Waals surface area (Å²) < 4.78 is 26.5. The van der Waals surface area contributed by atoms with Crippen LogP contribution in [0.25, 0.3) is 0 Å². The number of nitrogens with zero attached hydrogens (tertiary/aromatic N) is 2. The molecular formula is C25H32Cl3N3O4S. The van der Waals surface area contributed by atoms with Gasteiger partial charge in [0.1, 0.15) is 12.6 Å². The molecule has 2 amide bonds. The molecule has 2 rings (SSSR count). The van der Waals surface area contributed by atoms with E-state index in [0.29, 0.717) is 44.7 Å². The highest BCUT2D eigenvalue weighted by Gasteiger charge is 2.33. The molecule has 36 heavy (non-hydrogen) atoms. The van der Waals surface area contributed by atoms with Crippen molar-refractivity contribution in [1.29, 1.82) is 0 Å². The maximum Gasteiger partial charge on any atom is 0.244 e. The van der Waals surface area contributed by atoms with Gasteiger partial charge >= 0.3 is 0 Å². The molecule has 0 bridgehead atoms. The van der Waals surface area contributed by atoms with Gasteiger partial charge in [0.15, 0.2) is 0 Å². The highest BCUT2D eigenvalue weighted by Crippen LogP contribution is 2.29. The molecule has 2 aromatic rings. The Hall–Kier alpha value is -2.00. The number of benzene rings is 2. The van der Waals surface area contributed by atoms with Gasteiger partial charge in [-0.05, 0) is 62.6 Å². The molecule has 1 N–H and O–H groups in total. The van der Waals surface area contributed by atoms with Crippen LogP contribution in [0.15, 0.2) is 36.4 Å². The molecule has 0 radical (unpaired) electrons. The quantitative estimate of drug-likeness (QED) is 0.386. The van der Waals surface area contributed by atoms with Crippen LogP contribution in [0, 0.1) is 6.92 Å². The Labute approximate surface area is 228 Å². The summed E-state index contributed by atoms with van der Waals surface area (Å²) in [4.78, 5) is 28.3. The highest BCUT2D eigenvalue weighted by atomic mass is 35.5. The smallest absolute Gasteiger partial charge is 0.244 e. The van der Waals surface area contributed by atoms with E-state index < -0.39 is 28.5 Å². The maximum absolute atomic E-state index is 13.8. The zero-order valence-electron chi connectivity index (χ0n) is 21.0. The molecule has 0 aliphatic rings. The van der Waals surface area contributed by atoms with Crippen molar-refractivity contribution in [2.75, 3.05) is 17.1 Å². The molecule has 2 aromatic carbocycles. The molecule has 0 aliphatic heterocycles. The third kappa shape index (κ3) is 7.75. The van der Waals surface area contributed by atoms with Crippen molar-refractivity contribution in [3.63, 3.8) is 0 Å². The fourth-order valence-electron chi connectivity index (χ4n) is 3.71. The summed E-state index contributed by atoms with van der Waals surface area (Å²) in [6.07, 6.45) is 2.04. The summed E-state index contributed by atoms with van der Waals surface area (Å²) in [6, 6.07) is 8.73. The van der Waals surface area contributed by atoms with Crippen molar-refractivity contribution in [3.05, 3.63) is 62.6 Å². The number of amides is 2. The monoisotopic (exact) mass is 575 g/mol. The van der Waals surface area contributed by atoms with Gasteiger partial charge in [-0.2, -0.15) is 0 Å². The Morgan fingerprint density at radius 2 is 1.64 bits per heavy atom. The molecule has 0 saturated carbocycles. The lowest BCUT2D eigenvalue weighted by molar-refractivity contribution is -0.140. The summed E-state index contributed by atoms with van der Waals surface area (Å²) in [7, 11) is -3.86. The van der Waals surface area contributed by atoms with Crippen LogP contribution in [-0.2, 0) is 26.2 Å². The average Bonchev–Trinajstić information content (AvgIpc) is 2.78. The van der Waals surface area contributed by atoms with Crippen LogP contribution in [-0.4, -0.2) is 50.0 Å². The van der Waals surface area contributed by atoms with E-state index in [1.807, 2.05) is 13.8 Å².